The van der Waals surface area contributed by atoms with E-state index < -0.39 is 0 Å². The van der Waals surface area contributed by atoms with Crippen molar-refractivity contribution in [3.8, 4) is 0 Å². The van der Waals surface area contributed by atoms with Crippen molar-refractivity contribution < 1.29 is 9.59 Å². The summed E-state index contributed by atoms with van der Waals surface area (Å²) in [6.07, 6.45) is 1.96. The van der Waals surface area contributed by atoms with E-state index in [4.69, 9.17) is 11.6 Å². The van der Waals surface area contributed by atoms with Crippen molar-refractivity contribution in [3.05, 3.63) is 94.8 Å². The van der Waals surface area contributed by atoms with Crippen LogP contribution in [0.25, 0.3) is 0 Å². The molecule has 2 amide bonds. The Morgan fingerprint density at radius 3 is 2.19 bits per heavy atom. The van der Waals surface area contributed by atoms with E-state index in [0.29, 0.717) is 23.7 Å². The fourth-order valence-electron chi connectivity index (χ4n) is 3.39. The van der Waals surface area contributed by atoms with Crippen LogP contribution < -0.4 is 0 Å². The van der Waals surface area contributed by atoms with Crippen LogP contribution in [0.5, 0.6) is 0 Å². The van der Waals surface area contributed by atoms with Gasteiger partial charge in [-0.25, -0.2) is 0 Å². The van der Waals surface area contributed by atoms with E-state index >= 15 is 0 Å². The molecule has 0 unspecified atom stereocenters. The molecule has 1 heterocycles. The molecule has 1 aromatic heterocycles. The van der Waals surface area contributed by atoms with Gasteiger partial charge in [0, 0.05) is 42.1 Å². The molecule has 162 valence electrons. The lowest BCUT2D eigenvalue weighted by atomic mass is 10.1. The summed E-state index contributed by atoms with van der Waals surface area (Å²) >= 11 is 5.95. The predicted octanol–water partition coefficient (Wildman–Crippen LogP) is 4.76. The van der Waals surface area contributed by atoms with Gasteiger partial charge in [0.1, 0.15) is 6.54 Å². The van der Waals surface area contributed by atoms with E-state index in [1.807, 2.05) is 74.1 Å². The lowest BCUT2D eigenvalue weighted by Gasteiger charge is -2.30. The maximum absolute atomic E-state index is 13.4. The quantitative estimate of drug-likeness (QED) is 0.510. The number of carbonyl (C=O) groups is 2. The molecule has 0 spiro atoms. The molecule has 0 saturated heterocycles. The summed E-state index contributed by atoms with van der Waals surface area (Å²) in [7, 11) is 1.96. The summed E-state index contributed by atoms with van der Waals surface area (Å²) in [5, 5.41) is 0.570. The molecule has 0 bridgehead atoms. The molecule has 0 fully saturated rings. The standard InChI is InChI=1S/C25H28ClN3O2/c1-19(2)29(25(31)21-11-13-22(26)14-12-21)18-24(30)28(16-20-8-5-4-6-9-20)17-23-10-7-15-27(23)3/h4-15,19H,16-18H2,1-3H3. The Labute approximate surface area is 188 Å². The Morgan fingerprint density at radius 2 is 1.61 bits per heavy atom. The van der Waals surface area contributed by atoms with Crippen LogP contribution in [0.4, 0.5) is 0 Å². The maximum atomic E-state index is 13.4. The summed E-state index contributed by atoms with van der Waals surface area (Å²) in [5.41, 5.74) is 2.59. The van der Waals surface area contributed by atoms with E-state index in [1.165, 1.54) is 0 Å². The third-order valence-electron chi connectivity index (χ3n) is 5.25. The van der Waals surface area contributed by atoms with Crippen molar-refractivity contribution in [2.24, 2.45) is 7.05 Å². The monoisotopic (exact) mass is 437 g/mol. The van der Waals surface area contributed by atoms with Crippen LogP contribution in [0.2, 0.25) is 5.02 Å². The predicted molar refractivity (Wildman–Crippen MR) is 124 cm³/mol. The molecule has 6 heteroatoms. The number of aryl methyl sites for hydroxylation is 1. The Balaban J connectivity index is 1.81. The van der Waals surface area contributed by atoms with Crippen molar-refractivity contribution >= 4 is 23.4 Å². The number of nitrogens with zero attached hydrogens (tertiary/aromatic N) is 3. The first-order valence-corrected chi connectivity index (χ1v) is 10.7. The third-order valence-corrected chi connectivity index (χ3v) is 5.51. The minimum Gasteiger partial charge on any atom is -0.353 e. The van der Waals surface area contributed by atoms with Gasteiger partial charge in [-0.05, 0) is 55.8 Å². The number of halogens is 1. The van der Waals surface area contributed by atoms with Gasteiger partial charge >= 0.3 is 0 Å². The Hall–Kier alpha value is -3.05. The van der Waals surface area contributed by atoms with Crippen LogP contribution in [0.1, 0.15) is 35.5 Å². The number of hydrogen-bond donors (Lipinski definition) is 0. The van der Waals surface area contributed by atoms with Crippen molar-refractivity contribution in [1.29, 1.82) is 0 Å². The summed E-state index contributed by atoms with van der Waals surface area (Å²) in [5.74, 6) is -0.278. The lowest BCUT2D eigenvalue weighted by molar-refractivity contribution is -0.133. The fraction of sp³-hybridized carbons (Fsp3) is 0.280. The van der Waals surface area contributed by atoms with Crippen LogP contribution in [0.15, 0.2) is 72.9 Å². The highest BCUT2D eigenvalue weighted by Crippen LogP contribution is 2.16. The summed E-state index contributed by atoms with van der Waals surface area (Å²) < 4.78 is 2.00. The highest BCUT2D eigenvalue weighted by atomic mass is 35.5. The van der Waals surface area contributed by atoms with Crippen molar-refractivity contribution in [3.63, 3.8) is 0 Å². The average molecular weight is 438 g/mol. The topological polar surface area (TPSA) is 45.6 Å². The zero-order chi connectivity index (χ0) is 22.4. The first-order chi connectivity index (χ1) is 14.8. The van der Waals surface area contributed by atoms with E-state index in [2.05, 4.69) is 0 Å². The summed E-state index contributed by atoms with van der Waals surface area (Å²) in [6.45, 7) is 4.79. The van der Waals surface area contributed by atoms with Gasteiger partial charge in [-0.1, -0.05) is 41.9 Å². The molecule has 0 saturated carbocycles. The smallest absolute Gasteiger partial charge is 0.254 e. The zero-order valence-electron chi connectivity index (χ0n) is 18.2. The lowest BCUT2D eigenvalue weighted by Crippen LogP contribution is -2.45. The van der Waals surface area contributed by atoms with Gasteiger partial charge in [0.05, 0.1) is 6.54 Å². The molecule has 0 N–H and O–H groups in total. The SMILES string of the molecule is CC(C)N(CC(=O)N(Cc1ccccc1)Cc1cccn1C)C(=O)c1ccc(Cl)cc1. The van der Waals surface area contributed by atoms with Gasteiger partial charge in [-0.3, -0.25) is 9.59 Å². The molecule has 5 nitrogen and oxygen atoms in total. The number of carbonyl (C=O) groups excluding carboxylic acids is 2. The second-order valence-electron chi connectivity index (χ2n) is 7.88. The molecule has 2 aromatic carbocycles. The van der Waals surface area contributed by atoms with E-state index in [1.54, 1.807) is 34.1 Å². The normalized spacial score (nSPS) is 10.9. The first kappa shape index (κ1) is 22.6. The van der Waals surface area contributed by atoms with Gasteiger partial charge in [0.25, 0.3) is 5.91 Å². The van der Waals surface area contributed by atoms with Crippen LogP contribution in [0.3, 0.4) is 0 Å². The van der Waals surface area contributed by atoms with Crippen LogP contribution in [0, 0.1) is 0 Å². The Kier molecular flexibility index (Phi) is 7.53. The minimum atomic E-state index is -0.182. The van der Waals surface area contributed by atoms with Gasteiger partial charge in [-0.15, -0.1) is 0 Å². The number of rotatable bonds is 8. The molecule has 3 aromatic rings. The molecule has 0 aliphatic rings. The highest BCUT2D eigenvalue weighted by Gasteiger charge is 2.25. The largest absolute Gasteiger partial charge is 0.353 e. The maximum Gasteiger partial charge on any atom is 0.254 e. The number of hydrogen-bond acceptors (Lipinski definition) is 2. The number of aromatic nitrogens is 1. The van der Waals surface area contributed by atoms with E-state index in [9.17, 15) is 9.59 Å². The molecule has 0 radical (unpaired) electrons. The first-order valence-electron chi connectivity index (χ1n) is 10.3. The van der Waals surface area contributed by atoms with E-state index in [0.717, 1.165) is 11.3 Å². The second-order valence-corrected chi connectivity index (χ2v) is 8.32. The molecule has 0 aliphatic heterocycles. The van der Waals surface area contributed by atoms with Crippen molar-refractivity contribution in [1.82, 2.24) is 14.4 Å². The highest BCUT2D eigenvalue weighted by molar-refractivity contribution is 6.30. The number of benzene rings is 2. The zero-order valence-corrected chi connectivity index (χ0v) is 18.9. The van der Waals surface area contributed by atoms with Gasteiger partial charge in [0.2, 0.25) is 5.91 Å². The second kappa shape index (κ2) is 10.3. The average Bonchev–Trinajstić information content (AvgIpc) is 3.16. The van der Waals surface area contributed by atoms with Crippen LogP contribution >= 0.6 is 11.6 Å². The Bertz CT molecular complexity index is 1010. The summed E-state index contributed by atoms with van der Waals surface area (Å²) in [4.78, 5) is 29.9. The molecular weight excluding hydrogens is 410 g/mol. The van der Waals surface area contributed by atoms with Crippen LogP contribution in [-0.4, -0.2) is 38.8 Å². The van der Waals surface area contributed by atoms with Crippen LogP contribution in [-0.2, 0) is 24.9 Å². The van der Waals surface area contributed by atoms with Crippen molar-refractivity contribution in [2.45, 2.75) is 33.0 Å². The fourth-order valence-corrected chi connectivity index (χ4v) is 3.51. The van der Waals surface area contributed by atoms with Gasteiger partial charge in [0.15, 0.2) is 0 Å². The van der Waals surface area contributed by atoms with Gasteiger partial charge in [-0.2, -0.15) is 0 Å². The summed E-state index contributed by atoms with van der Waals surface area (Å²) in [6, 6.07) is 20.5. The molecule has 31 heavy (non-hydrogen) atoms. The molecule has 0 atom stereocenters. The Morgan fingerprint density at radius 1 is 0.935 bits per heavy atom. The van der Waals surface area contributed by atoms with Crippen molar-refractivity contribution in [2.75, 3.05) is 6.54 Å². The molecular formula is C25H28ClN3O2. The minimum absolute atomic E-state index is 0.0103. The molecule has 0 aliphatic carbocycles. The van der Waals surface area contributed by atoms with Gasteiger partial charge < -0.3 is 14.4 Å². The number of amides is 2. The van der Waals surface area contributed by atoms with E-state index in [-0.39, 0.29) is 24.4 Å². The third kappa shape index (κ3) is 5.98. The molecule has 3 rings (SSSR count).